The van der Waals surface area contributed by atoms with Crippen LogP contribution in [0.25, 0.3) is 0 Å². The molecule has 5 nitrogen and oxygen atoms in total. The van der Waals surface area contributed by atoms with Gasteiger partial charge in [-0.1, -0.05) is 6.07 Å². The monoisotopic (exact) mass is 243 g/mol. The van der Waals surface area contributed by atoms with Gasteiger partial charge in [0.2, 0.25) is 0 Å². The topological polar surface area (TPSA) is 101 Å². The first-order valence-electron chi connectivity index (χ1n) is 4.52. The van der Waals surface area contributed by atoms with Gasteiger partial charge in [-0.2, -0.15) is 0 Å². The number of nitrogens with two attached hydrogens (primary N) is 1. The fraction of sp³-hybridized carbons (Fsp3) is 0.300. The molecule has 0 aliphatic carbocycles. The molecule has 1 aromatic carbocycles. The summed E-state index contributed by atoms with van der Waals surface area (Å²) in [5.74, 6) is -0.975. The van der Waals surface area contributed by atoms with E-state index in [1.807, 2.05) is 0 Å². The number of hydrogen-bond acceptors (Lipinski definition) is 4. The van der Waals surface area contributed by atoms with Gasteiger partial charge in [0.1, 0.15) is 11.8 Å². The molecule has 4 N–H and O–H groups in total. The van der Waals surface area contributed by atoms with Crippen LogP contribution >= 0.6 is 0 Å². The van der Waals surface area contributed by atoms with E-state index in [2.05, 4.69) is 0 Å². The molecule has 6 heteroatoms. The summed E-state index contributed by atoms with van der Waals surface area (Å²) in [6, 6.07) is 3.14. The number of rotatable bonds is 4. The molecule has 0 aliphatic heterocycles. The molecule has 1 aromatic rings. The molecule has 2 unspecified atom stereocenters. The van der Waals surface area contributed by atoms with Gasteiger partial charge in [0, 0.05) is 22.6 Å². The maximum atomic E-state index is 11.0. The van der Waals surface area contributed by atoms with Crippen LogP contribution in [0.2, 0.25) is 0 Å². The minimum absolute atomic E-state index is 0.00320. The molecular weight excluding hydrogens is 230 g/mol. The summed E-state index contributed by atoms with van der Waals surface area (Å²) in [6.07, 6.45) is 1.50. The Morgan fingerprint density at radius 1 is 1.56 bits per heavy atom. The van der Waals surface area contributed by atoms with Crippen molar-refractivity contribution in [3.05, 3.63) is 29.3 Å². The van der Waals surface area contributed by atoms with Gasteiger partial charge in [-0.3, -0.25) is 9.00 Å². The standard InChI is InChI=1S/C10H13NO4S/c1-16(15)5-7-4-6(2-3-8(7)12)9(11)10(13)14/h2-4,9,12H,5,11H2,1H3,(H,13,14). The molecule has 2 atom stereocenters. The zero-order valence-corrected chi connectivity index (χ0v) is 9.53. The maximum Gasteiger partial charge on any atom is 0.325 e. The molecule has 0 aliphatic rings. The quantitative estimate of drug-likeness (QED) is 0.708. The number of benzene rings is 1. The van der Waals surface area contributed by atoms with Crippen molar-refractivity contribution < 1.29 is 19.2 Å². The highest BCUT2D eigenvalue weighted by Gasteiger charge is 2.16. The van der Waals surface area contributed by atoms with Gasteiger partial charge in [0.25, 0.3) is 0 Å². The Kier molecular flexibility index (Phi) is 4.03. The summed E-state index contributed by atoms with van der Waals surface area (Å²) in [5.41, 5.74) is 6.25. The summed E-state index contributed by atoms with van der Waals surface area (Å²) in [5, 5.41) is 18.2. The second kappa shape index (κ2) is 5.09. The van der Waals surface area contributed by atoms with Gasteiger partial charge in [-0.05, 0) is 17.7 Å². The summed E-state index contributed by atoms with van der Waals surface area (Å²) in [4.78, 5) is 10.7. The van der Waals surface area contributed by atoms with Crippen molar-refractivity contribution in [2.45, 2.75) is 11.8 Å². The number of aliphatic carboxylic acids is 1. The largest absolute Gasteiger partial charge is 0.508 e. The fourth-order valence-corrected chi connectivity index (χ4v) is 1.95. The summed E-state index contributed by atoms with van der Waals surface area (Å²) in [7, 11) is -1.11. The maximum absolute atomic E-state index is 11.0. The van der Waals surface area contributed by atoms with E-state index in [-0.39, 0.29) is 11.5 Å². The molecule has 0 bridgehead atoms. The van der Waals surface area contributed by atoms with Gasteiger partial charge < -0.3 is 15.9 Å². The molecule has 88 valence electrons. The highest BCUT2D eigenvalue weighted by atomic mass is 32.2. The SMILES string of the molecule is CS(=O)Cc1cc(C(N)C(=O)O)ccc1O. The molecule has 16 heavy (non-hydrogen) atoms. The van der Waals surface area contributed by atoms with Crippen LogP contribution in [0.1, 0.15) is 17.2 Å². The number of carboxylic acids is 1. The highest BCUT2D eigenvalue weighted by Crippen LogP contribution is 2.22. The second-order valence-electron chi connectivity index (χ2n) is 3.42. The summed E-state index contributed by atoms with van der Waals surface area (Å²) in [6.45, 7) is 0. The van der Waals surface area contributed by atoms with Crippen LogP contribution in [0, 0.1) is 0 Å². The average molecular weight is 243 g/mol. The van der Waals surface area contributed by atoms with E-state index in [0.29, 0.717) is 11.1 Å². The van der Waals surface area contributed by atoms with Gasteiger partial charge in [0.15, 0.2) is 0 Å². The van der Waals surface area contributed by atoms with E-state index in [4.69, 9.17) is 10.8 Å². The van der Waals surface area contributed by atoms with Crippen LogP contribution in [0.15, 0.2) is 18.2 Å². The van der Waals surface area contributed by atoms with Crippen molar-refractivity contribution in [2.24, 2.45) is 5.73 Å². The van der Waals surface area contributed by atoms with E-state index < -0.39 is 22.8 Å². The lowest BCUT2D eigenvalue weighted by atomic mass is 10.0. The first-order chi connectivity index (χ1) is 7.41. The molecule has 0 saturated carbocycles. The normalized spacial score (nSPS) is 14.4. The number of phenolic OH excluding ortho intramolecular Hbond substituents is 1. The minimum Gasteiger partial charge on any atom is -0.508 e. The van der Waals surface area contributed by atoms with Gasteiger partial charge in [-0.25, -0.2) is 0 Å². The Bertz CT molecular complexity index is 433. The van der Waals surface area contributed by atoms with E-state index >= 15 is 0 Å². The predicted octanol–water partition coefficient (Wildman–Crippen LogP) is 0.355. The average Bonchev–Trinajstić information content (AvgIpc) is 2.19. The summed E-state index contributed by atoms with van der Waals surface area (Å²) >= 11 is 0. The molecule has 0 saturated heterocycles. The molecule has 0 amide bonds. The van der Waals surface area contributed by atoms with Crippen molar-refractivity contribution >= 4 is 16.8 Å². The number of aromatic hydroxyl groups is 1. The lowest BCUT2D eigenvalue weighted by molar-refractivity contribution is -0.138. The Balaban J connectivity index is 3.06. The van der Waals surface area contributed by atoms with Crippen LogP contribution < -0.4 is 5.73 Å². The van der Waals surface area contributed by atoms with Crippen LogP contribution in [0.5, 0.6) is 5.75 Å². The van der Waals surface area contributed by atoms with Crippen LogP contribution in [0.3, 0.4) is 0 Å². The molecule has 0 spiro atoms. The van der Waals surface area contributed by atoms with E-state index in [9.17, 15) is 14.1 Å². The Hall–Kier alpha value is -1.40. The van der Waals surface area contributed by atoms with Crippen LogP contribution in [-0.2, 0) is 21.3 Å². The van der Waals surface area contributed by atoms with Crippen molar-refractivity contribution in [1.82, 2.24) is 0 Å². The fourth-order valence-electron chi connectivity index (χ4n) is 1.28. The van der Waals surface area contributed by atoms with Gasteiger partial charge in [0.05, 0.1) is 5.75 Å². The number of carbonyl (C=O) groups is 1. The van der Waals surface area contributed by atoms with E-state index in [1.54, 1.807) is 0 Å². The molecule has 0 heterocycles. The molecule has 0 fully saturated rings. The van der Waals surface area contributed by atoms with Gasteiger partial charge >= 0.3 is 5.97 Å². The predicted molar refractivity (Wildman–Crippen MR) is 60.4 cm³/mol. The van der Waals surface area contributed by atoms with Crippen molar-refractivity contribution in [1.29, 1.82) is 0 Å². The van der Waals surface area contributed by atoms with Crippen molar-refractivity contribution in [3.8, 4) is 5.75 Å². The van der Waals surface area contributed by atoms with Crippen molar-refractivity contribution in [2.75, 3.05) is 6.26 Å². The van der Waals surface area contributed by atoms with Gasteiger partial charge in [-0.15, -0.1) is 0 Å². The lowest BCUT2D eigenvalue weighted by Crippen LogP contribution is -2.20. The molecule has 0 radical (unpaired) electrons. The molecular formula is C10H13NO4S. The van der Waals surface area contributed by atoms with Crippen LogP contribution in [-0.4, -0.2) is 26.6 Å². The van der Waals surface area contributed by atoms with Crippen LogP contribution in [0.4, 0.5) is 0 Å². The minimum atomic E-state index is -1.14. The van der Waals surface area contributed by atoms with E-state index in [0.717, 1.165) is 0 Å². The Labute approximate surface area is 95.4 Å². The highest BCUT2D eigenvalue weighted by molar-refractivity contribution is 7.83. The number of phenols is 1. The Morgan fingerprint density at radius 2 is 2.19 bits per heavy atom. The third-order valence-electron chi connectivity index (χ3n) is 2.09. The molecule has 1 rings (SSSR count). The third-order valence-corrected chi connectivity index (χ3v) is 2.81. The molecule has 0 aromatic heterocycles. The first-order valence-corrected chi connectivity index (χ1v) is 6.24. The second-order valence-corrected chi connectivity index (χ2v) is 4.86. The van der Waals surface area contributed by atoms with Crippen molar-refractivity contribution in [3.63, 3.8) is 0 Å². The lowest BCUT2D eigenvalue weighted by Gasteiger charge is -2.09. The summed E-state index contributed by atoms with van der Waals surface area (Å²) < 4.78 is 11.0. The number of carboxylic acid groups (broad SMARTS) is 1. The van der Waals surface area contributed by atoms with E-state index in [1.165, 1.54) is 24.5 Å². The smallest absolute Gasteiger partial charge is 0.325 e. The zero-order chi connectivity index (χ0) is 12.3. The third kappa shape index (κ3) is 3.04. The Morgan fingerprint density at radius 3 is 2.69 bits per heavy atom. The first kappa shape index (κ1) is 12.7. The zero-order valence-electron chi connectivity index (χ0n) is 8.71. The number of hydrogen-bond donors (Lipinski definition) is 3.